The standard InChI is InChI=1S/C14H27NO2S/c1-5-7-8-9-12-11(10-13(16)17-6-2)15-14(3,4)18-12/h11-12,15H,5-10H2,1-4H3. The normalized spacial score (nSPS) is 26.2. The van der Waals surface area contributed by atoms with Crippen LogP contribution in [0.25, 0.3) is 0 Å². The molecule has 4 heteroatoms. The minimum atomic E-state index is -0.0752. The van der Waals surface area contributed by atoms with Crippen molar-refractivity contribution in [3.05, 3.63) is 0 Å². The first-order chi connectivity index (χ1) is 8.48. The summed E-state index contributed by atoms with van der Waals surface area (Å²) in [6.45, 7) is 8.94. The van der Waals surface area contributed by atoms with Gasteiger partial charge in [0.25, 0.3) is 0 Å². The lowest BCUT2D eigenvalue weighted by Crippen LogP contribution is -2.39. The summed E-state index contributed by atoms with van der Waals surface area (Å²) >= 11 is 1.97. The lowest BCUT2D eigenvalue weighted by molar-refractivity contribution is -0.143. The summed E-state index contributed by atoms with van der Waals surface area (Å²) in [5.41, 5.74) is 0. The van der Waals surface area contributed by atoms with Gasteiger partial charge in [0.05, 0.1) is 17.9 Å². The van der Waals surface area contributed by atoms with Crippen molar-refractivity contribution < 1.29 is 9.53 Å². The van der Waals surface area contributed by atoms with E-state index in [-0.39, 0.29) is 16.9 Å². The highest BCUT2D eigenvalue weighted by Gasteiger charge is 2.39. The first kappa shape index (κ1) is 15.8. The third-order valence-electron chi connectivity index (χ3n) is 3.21. The van der Waals surface area contributed by atoms with Crippen molar-refractivity contribution in [2.75, 3.05) is 6.61 Å². The molecule has 0 aromatic heterocycles. The van der Waals surface area contributed by atoms with Crippen LogP contribution in [0, 0.1) is 0 Å². The molecule has 106 valence electrons. The van der Waals surface area contributed by atoms with Gasteiger partial charge >= 0.3 is 5.97 Å². The number of ether oxygens (including phenoxy) is 1. The zero-order chi connectivity index (χ0) is 13.6. The van der Waals surface area contributed by atoms with Crippen molar-refractivity contribution in [3.8, 4) is 0 Å². The molecule has 0 radical (unpaired) electrons. The average molecular weight is 273 g/mol. The van der Waals surface area contributed by atoms with Gasteiger partial charge in [-0.1, -0.05) is 26.2 Å². The SMILES string of the molecule is CCCCCC1SC(C)(C)NC1CC(=O)OCC. The molecular weight excluding hydrogens is 246 g/mol. The van der Waals surface area contributed by atoms with Gasteiger partial charge in [0, 0.05) is 11.3 Å². The Labute approximate surface area is 115 Å². The predicted octanol–water partition coefficient (Wildman–Crippen LogP) is 3.33. The number of carbonyl (C=O) groups excluding carboxylic acids is 1. The second-order valence-electron chi connectivity index (χ2n) is 5.42. The topological polar surface area (TPSA) is 38.3 Å². The molecule has 1 heterocycles. The van der Waals surface area contributed by atoms with Gasteiger partial charge in [0.15, 0.2) is 0 Å². The van der Waals surface area contributed by atoms with Gasteiger partial charge in [-0.3, -0.25) is 10.1 Å². The number of hydrogen-bond donors (Lipinski definition) is 1. The summed E-state index contributed by atoms with van der Waals surface area (Å²) in [7, 11) is 0. The van der Waals surface area contributed by atoms with Crippen LogP contribution in [0.3, 0.4) is 0 Å². The van der Waals surface area contributed by atoms with Gasteiger partial charge in [-0.15, -0.1) is 11.8 Å². The fraction of sp³-hybridized carbons (Fsp3) is 0.929. The highest BCUT2D eigenvalue weighted by molar-refractivity contribution is 8.01. The predicted molar refractivity (Wildman–Crippen MR) is 77.8 cm³/mol. The Hall–Kier alpha value is -0.220. The van der Waals surface area contributed by atoms with Crippen molar-refractivity contribution in [1.29, 1.82) is 0 Å². The molecule has 0 saturated carbocycles. The number of hydrogen-bond acceptors (Lipinski definition) is 4. The molecule has 18 heavy (non-hydrogen) atoms. The van der Waals surface area contributed by atoms with E-state index in [0.717, 1.165) is 0 Å². The smallest absolute Gasteiger partial charge is 0.307 e. The first-order valence-corrected chi connectivity index (χ1v) is 7.97. The molecule has 0 aromatic carbocycles. The van der Waals surface area contributed by atoms with E-state index in [2.05, 4.69) is 26.1 Å². The number of thioether (sulfide) groups is 1. The van der Waals surface area contributed by atoms with Gasteiger partial charge < -0.3 is 4.74 Å². The molecule has 1 fully saturated rings. The molecule has 1 aliphatic heterocycles. The largest absolute Gasteiger partial charge is 0.466 e. The molecule has 1 N–H and O–H groups in total. The van der Waals surface area contributed by atoms with Gasteiger partial charge in [0.2, 0.25) is 0 Å². The molecule has 2 atom stereocenters. The Morgan fingerprint density at radius 1 is 1.33 bits per heavy atom. The lowest BCUT2D eigenvalue weighted by Gasteiger charge is -2.18. The zero-order valence-corrected chi connectivity index (χ0v) is 12.9. The van der Waals surface area contributed by atoms with Crippen LogP contribution in [0.15, 0.2) is 0 Å². The summed E-state index contributed by atoms with van der Waals surface area (Å²) in [5.74, 6) is -0.0752. The number of esters is 1. The van der Waals surface area contributed by atoms with Crippen molar-refractivity contribution in [2.45, 2.75) is 76.0 Å². The van der Waals surface area contributed by atoms with Gasteiger partial charge in [-0.05, 0) is 27.2 Å². The van der Waals surface area contributed by atoms with Crippen molar-refractivity contribution in [1.82, 2.24) is 5.32 Å². The quantitative estimate of drug-likeness (QED) is 0.570. The number of nitrogens with one attached hydrogen (secondary N) is 1. The molecule has 1 saturated heterocycles. The van der Waals surface area contributed by atoms with E-state index in [0.29, 0.717) is 18.3 Å². The van der Waals surface area contributed by atoms with Crippen molar-refractivity contribution in [2.24, 2.45) is 0 Å². The minimum absolute atomic E-state index is 0.0752. The van der Waals surface area contributed by atoms with E-state index >= 15 is 0 Å². The van der Waals surface area contributed by atoms with Crippen LogP contribution in [0.2, 0.25) is 0 Å². The van der Waals surface area contributed by atoms with Crippen LogP contribution in [-0.4, -0.2) is 28.7 Å². The molecule has 1 aliphatic rings. The Balaban J connectivity index is 2.47. The first-order valence-electron chi connectivity index (χ1n) is 7.09. The van der Waals surface area contributed by atoms with E-state index < -0.39 is 0 Å². The summed E-state index contributed by atoms with van der Waals surface area (Å²) in [4.78, 5) is 11.7. The van der Waals surface area contributed by atoms with Crippen molar-refractivity contribution >= 4 is 17.7 Å². The maximum absolute atomic E-state index is 11.6. The van der Waals surface area contributed by atoms with Gasteiger partial charge in [-0.25, -0.2) is 0 Å². The van der Waals surface area contributed by atoms with E-state index in [1.54, 1.807) is 0 Å². The molecule has 0 amide bonds. The third kappa shape index (κ3) is 5.19. The van der Waals surface area contributed by atoms with E-state index in [4.69, 9.17) is 4.74 Å². The highest BCUT2D eigenvalue weighted by Crippen LogP contribution is 2.39. The summed E-state index contributed by atoms with van der Waals surface area (Å²) in [6.07, 6.45) is 5.48. The number of unbranched alkanes of at least 4 members (excludes halogenated alkanes) is 2. The molecule has 0 bridgehead atoms. The van der Waals surface area contributed by atoms with Crippen molar-refractivity contribution in [3.63, 3.8) is 0 Å². The highest BCUT2D eigenvalue weighted by atomic mass is 32.2. The average Bonchev–Trinajstić information content (AvgIpc) is 2.54. The molecular formula is C14H27NO2S. The van der Waals surface area contributed by atoms with Crippen LogP contribution in [0.1, 0.15) is 59.8 Å². The van der Waals surface area contributed by atoms with Crippen LogP contribution < -0.4 is 5.32 Å². The summed E-state index contributed by atoms with van der Waals surface area (Å²) < 4.78 is 5.06. The maximum atomic E-state index is 11.6. The molecule has 2 unspecified atom stereocenters. The lowest BCUT2D eigenvalue weighted by atomic mass is 10.0. The fourth-order valence-electron chi connectivity index (χ4n) is 2.47. The van der Waals surface area contributed by atoms with Gasteiger partial charge in [-0.2, -0.15) is 0 Å². The second-order valence-corrected chi connectivity index (χ2v) is 7.28. The monoisotopic (exact) mass is 273 g/mol. The van der Waals surface area contributed by atoms with Gasteiger partial charge in [0.1, 0.15) is 0 Å². The molecule has 0 aliphatic carbocycles. The number of carbonyl (C=O) groups is 1. The summed E-state index contributed by atoms with van der Waals surface area (Å²) in [6, 6.07) is 0.265. The minimum Gasteiger partial charge on any atom is -0.466 e. The zero-order valence-electron chi connectivity index (χ0n) is 12.1. The van der Waals surface area contributed by atoms with Crippen LogP contribution in [0.4, 0.5) is 0 Å². The van der Waals surface area contributed by atoms with E-state index in [1.807, 2.05) is 18.7 Å². The third-order valence-corrected chi connectivity index (χ3v) is 4.79. The van der Waals surface area contributed by atoms with Crippen LogP contribution >= 0.6 is 11.8 Å². The Morgan fingerprint density at radius 2 is 2.06 bits per heavy atom. The van der Waals surface area contributed by atoms with Crippen LogP contribution in [-0.2, 0) is 9.53 Å². The second kappa shape index (κ2) is 7.39. The molecule has 3 nitrogen and oxygen atoms in total. The summed E-state index contributed by atoms with van der Waals surface area (Å²) in [5, 5.41) is 4.10. The Morgan fingerprint density at radius 3 is 2.67 bits per heavy atom. The maximum Gasteiger partial charge on any atom is 0.307 e. The molecule has 0 aromatic rings. The fourth-order valence-corrected chi connectivity index (χ4v) is 4.06. The van der Waals surface area contributed by atoms with E-state index in [1.165, 1.54) is 25.7 Å². The van der Waals surface area contributed by atoms with Crippen LogP contribution in [0.5, 0.6) is 0 Å². The Bertz CT molecular complexity index is 269. The number of rotatable bonds is 7. The van der Waals surface area contributed by atoms with E-state index in [9.17, 15) is 4.79 Å². The molecule has 0 spiro atoms. The molecule has 1 rings (SSSR count). The Kier molecular flexibility index (Phi) is 6.50.